The molecule has 0 spiro atoms. The predicted octanol–water partition coefficient (Wildman–Crippen LogP) is 0.0887. The molecule has 0 heterocycles. The number of hydrogen-bond donors (Lipinski definition) is 1. The Hall–Kier alpha value is -0.630. The summed E-state index contributed by atoms with van der Waals surface area (Å²) in [7, 11) is 0. The van der Waals surface area contributed by atoms with E-state index in [9.17, 15) is 4.79 Å². The van der Waals surface area contributed by atoms with Crippen molar-refractivity contribution >= 4 is 6.29 Å². The molecule has 0 rings (SSSR count). The van der Waals surface area contributed by atoms with Gasteiger partial charge in [-0.1, -0.05) is 6.08 Å². The first-order valence-corrected chi connectivity index (χ1v) is 2.15. The lowest BCUT2D eigenvalue weighted by Gasteiger charge is -1.88. The summed E-state index contributed by atoms with van der Waals surface area (Å²) in [6.45, 7) is 1.81. The molecule has 2 N–H and O–H groups in total. The maximum Gasteiger partial charge on any atom is 0.142 e. The fourth-order valence-electron chi connectivity index (χ4n) is 0.221. The number of hydrogen-bond acceptors (Lipinski definition) is 2. The van der Waals surface area contributed by atoms with E-state index in [1.165, 1.54) is 6.08 Å². The van der Waals surface area contributed by atoms with Gasteiger partial charge in [-0.2, -0.15) is 0 Å². The highest BCUT2D eigenvalue weighted by Crippen LogP contribution is 1.73. The molecule has 0 aromatic rings. The lowest BCUT2D eigenvalue weighted by atomic mass is 10.3. The molecule has 0 bridgehead atoms. The molecule has 0 fully saturated rings. The quantitative estimate of drug-likeness (QED) is 0.394. The number of carbonyl (C=O) groups is 1. The van der Waals surface area contributed by atoms with Gasteiger partial charge in [0.05, 0.1) is 0 Å². The highest BCUT2D eigenvalue weighted by Gasteiger charge is 1.78. The summed E-state index contributed by atoms with van der Waals surface area (Å²) in [4.78, 5) is 9.57. The molecule has 0 aliphatic rings. The molecule has 0 aromatic heterocycles. The molecule has 40 valence electrons. The van der Waals surface area contributed by atoms with E-state index in [4.69, 9.17) is 5.73 Å². The van der Waals surface area contributed by atoms with E-state index in [0.717, 1.165) is 0 Å². The van der Waals surface area contributed by atoms with Crippen molar-refractivity contribution in [2.24, 2.45) is 5.73 Å². The molecule has 0 saturated heterocycles. The van der Waals surface area contributed by atoms with Crippen molar-refractivity contribution in [2.45, 2.75) is 13.0 Å². The van der Waals surface area contributed by atoms with E-state index < -0.39 is 0 Å². The second-order valence-electron chi connectivity index (χ2n) is 1.38. The van der Waals surface area contributed by atoms with Gasteiger partial charge >= 0.3 is 0 Å². The minimum Gasteiger partial charge on any atom is -0.325 e. The number of carbonyl (C=O) groups excluding carboxylic acids is 1. The van der Waals surface area contributed by atoms with Gasteiger partial charge in [0.1, 0.15) is 6.29 Å². The zero-order chi connectivity index (χ0) is 5.70. The van der Waals surface area contributed by atoms with Crippen LogP contribution in [-0.4, -0.2) is 12.3 Å². The minimum absolute atomic E-state index is 0.00907. The standard InChI is InChI=1S/C5H9NO/c1-5(6)3-2-4-7/h2-5H,6H2,1H3/b3-2+. The van der Waals surface area contributed by atoms with E-state index in [0.29, 0.717) is 6.29 Å². The summed E-state index contributed by atoms with van der Waals surface area (Å²) < 4.78 is 0. The molecule has 0 aliphatic heterocycles. The third-order valence-electron chi connectivity index (χ3n) is 0.493. The van der Waals surface area contributed by atoms with Crippen molar-refractivity contribution in [2.75, 3.05) is 0 Å². The van der Waals surface area contributed by atoms with Crippen molar-refractivity contribution in [3.8, 4) is 0 Å². The Kier molecular flexibility index (Phi) is 3.24. The van der Waals surface area contributed by atoms with E-state index in [2.05, 4.69) is 0 Å². The second kappa shape index (κ2) is 3.56. The van der Waals surface area contributed by atoms with Crippen LogP contribution < -0.4 is 5.73 Å². The van der Waals surface area contributed by atoms with E-state index in [-0.39, 0.29) is 6.04 Å². The monoisotopic (exact) mass is 99.1 g/mol. The van der Waals surface area contributed by atoms with Gasteiger partial charge in [0.15, 0.2) is 0 Å². The highest BCUT2D eigenvalue weighted by molar-refractivity contribution is 5.64. The van der Waals surface area contributed by atoms with Crippen molar-refractivity contribution in [1.29, 1.82) is 0 Å². The third kappa shape index (κ3) is 5.37. The molecule has 0 amide bonds. The van der Waals surface area contributed by atoms with Crippen LogP contribution in [0, 0.1) is 0 Å². The van der Waals surface area contributed by atoms with Gasteiger partial charge in [-0.15, -0.1) is 0 Å². The Bertz CT molecular complexity index is 76.1. The predicted molar refractivity (Wildman–Crippen MR) is 28.9 cm³/mol. The molecule has 2 heteroatoms. The van der Waals surface area contributed by atoms with Crippen molar-refractivity contribution in [3.05, 3.63) is 12.2 Å². The van der Waals surface area contributed by atoms with Gasteiger partial charge in [-0.05, 0) is 13.0 Å². The maximum absolute atomic E-state index is 9.57. The topological polar surface area (TPSA) is 43.1 Å². The highest BCUT2D eigenvalue weighted by atomic mass is 16.1. The number of allylic oxidation sites excluding steroid dienone is 1. The van der Waals surface area contributed by atoms with Crippen LogP contribution in [0.1, 0.15) is 6.92 Å². The summed E-state index contributed by atoms with van der Waals surface area (Å²) >= 11 is 0. The number of nitrogens with two attached hydrogens (primary N) is 1. The average molecular weight is 99.1 g/mol. The molecule has 0 radical (unpaired) electrons. The molecule has 2 nitrogen and oxygen atoms in total. The van der Waals surface area contributed by atoms with Gasteiger partial charge in [-0.3, -0.25) is 4.79 Å². The summed E-state index contributed by atoms with van der Waals surface area (Å²) in [6, 6.07) is -0.00907. The van der Waals surface area contributed by atoms with Gasteiger partial charge in [0.2, 0.25) is 0 Å². The van der Waals surface area contributed by atoms with Crippen molar-refractivity contribution in [3.63, 3.8) is 0 Å². The van der Waals surface area contributed by atoms with Gasteiger partial charge in [0, 0.05) is 6.04 Å². The van der Waals surface area contributed by atoms with E-state index in [1.54, 1.807) is 13.0 Å². The summed E-state index contributed by atoms with van der Waals surface area (Å²) in [5.74, 6) is 0. The van der Waals surface area contributed by atoms with Crippen LogP contribution in [0.2, 0.25) is 0 Å². The van der Waals surface area contributed by atoms with Crippen LogP contribution in [0.25, 0.3) is 0 Å². The lowest BCUT2D eigenvalue weighted by molar-refractivity contribution is -0.104. The normalized spacial score (nSPS) is 14.6. The average Bonchev–Trinajstić information content (AvgIpc) is 1.61. The fraction of sp³-hybridized carbons (Fsp3) is 0.400. The first-order chi connectivity index (χ1) is 3.27. The van der Waals surface area contributed by atoms with Crippen LogP contribution in [0.5, 0.6) is 0 Å². The Morgan fingerprint density at radius 3 is 2.43 bits per heavy atom. The lowest BCUT2D eigenvalue weighted by Crippen LogP contribution is -2.09. The summed E-state index contributed by atoms with van der Waals surface area (Å²) in [5, 5.41) is 0. The first-order valence-electron chi connectivity index (χ1n) is 2.15. The Morgan fingerprint density at radius 1 is 1.71 bits per heavy atom. The van der Waals surface area contributed by atoms with E-state index >= 15 is 0 Å². The Balaban J connectivity index is 3.25. The number of aldehydes is 1. The molecule has 0 aromatic carbocycles. The van der Waals surface area contributed by atoms with Crippen molar-refractivity contribution in [1.82, 2.24) is 0 Å². The van der Waals surface area contributed by atoms with Gasteiger partial charge in [0.25, 0.3) is 0 Å². The zero-order valence-corrected chi connectivity index (χ0v) is 4.29. The molecule has 1 unspecified atom stereocenters. The first kappa shape index (κ1) is 6.37. The molecule has 0 aliphatic carbocycles. The Labute approximate surface area is 43.0 Å². The molecule has 0 saturated carbocycles. The second-order valence-corrected chi connectivity index (χ2v) is 1.38. The minimum atomic E-state index is -0.00907. The summed E-state index contributed by atoms with van der Waals surface area (Å²) in [5.41, 5.74) is 5.23. The SMILES string of the molecule is CC(N)/C=C/C=O. The van der Waals surface area contributed by atoms with Crippen LogP contribution in [0.3, 0.4) is 0 Å². The summed E-state index contributed by atoms with van der Waals surface area (Å²) in [6.07, 6.45) is 3.74. The largest absolute Gasteiger partial charge is 0.325 e. The van der Waals surface area contributed by atoms with Crippen LogP contribution in [-0.2, 0) is 4.79 Å². The third-order valence-corrected chi connectivity index (χ3v) is 0.493. The van der Waals surface area contributed by atoms with Gasteiger partial charge in [-0.25, -0.2) is 0 Å². The van der Waals surface area contributed by atoms with Crippen LogP contribution >= 0.6 is 0 Å². The number of rotatable bonds is 2. The van der Waals surface area contributed by atoms with Gasteiger partial charge < -0.3 is 5.73 Å². The van der Waals surface area contributed by atoms with Crippen LogP contribution in [0.15, 0.2) is 12.2 Å². The molecular formula is C5H9NO. The smallest absolute Gasteiger partial charge is 0.142 e. The fourth-order valence-corrected chi connectivity index (χ4v) is 0.221. The molecular weight excluding hydrogens is 90.1 g/mol. The molecule has 1 atom stereocenters. The van der Waals surface area contributed by atoms with E-state index in [1.807, 2.05) is 0 Å². The van der Waals surface area contributed by atoms with Crippen molar-refractivity contribution < 1.29 is 4.79 Å². The van der Waals surface area contributed by atoms with Crippen LogP contribution in [0.4, 0.5) is 0 Å². The molecule has 7 heavy (non-hydrogen) atoms. The zero-order valence-electron chi connectivity index (χ0n) is 4.29. The Morgan fingerprint density at radius 2 is 2.29 bits per heavy atom. The maximum atomic E-state index is 9.57.